The Bertz CT molecular complexity index is 507. The van der Waals surface area contributed by atoms with Gasteiger partial charge in [0.15, 0.2) is 0 Å². The Labute approximate surface area is 102 Å². The highest BCUT2D eigenvalue weighted by Gasteiger charge is 2.05. The van der Waals surface area contributed by atoms with Crippen LogP contribution in [0.2, 0.25) is 0 Å². The Morgan fingerprint density at radius 3 is 2.82 bits per heavy atom. The van der Waals surface area contributed by atoms with Crippen molar-refractivity contribution in [2.45, 2.75) is 19.8 Å². The fraction of sp³-hybridized carbons (Fsp3) is 0.267. The molecule has 0 fully saturated rings. The van der Waals surface area contributed by atoms with E-state index in [1.165, 1.54) is 0 Å². The smallest absolute Gasteiger partial charge is 0.214 e. The molecule has 0 aliphatic carbocycles. The van der Waals surface area contributed by atoms with Crippen molar-refractivity contribution in [2.24, 2.45) is 0 Å². The molecule has 0 saturated heterocycles. The first-order valence-electron chi connectivity index (χ1n) is 5.98. The van der Waals surface area contributed by atoms with Crippen molar-refractivity contribution in [3.63, 3.8) is 0 Å². The maximum Gasteiger partial charge on any atom is 0.214 e. The third-order valence-corrected chi connectivity index (χ3v) is 2.83. The van der Waals surface area contributed by atoms with Gasteiger partial charge in [0.25, 0.3) is 0 Å². The van der Waals surface area contributed by atoms with Crippen LogP contribution in [0.25, 0.3) is 10.8 Å². The quantitative estimate of drug-likeness (QED) is 0.715. The van der Waals surface area contributed by atoms with Crippen molar-refractivity contribution in [3.8, 4) is 0 Å². The van der Waals surface area contributed by atoms with E-state index in [9.17, 15) is 4.79 Å². The van der Waals surface area contributed by atoms with Crippen LogP contribution in [0.15, 0.2) is 36.4 Å². The summed E-state index contributed by atoms with van der Waals surface area (Å²) in [7, 11) is 0. The lowest BCUT2D eigenvalue weighted by molar-refractivity contribution is -0.107. The van der Waals surface area contributed by atoms with Crippen LogP contribution in [0, 0.1) is 6.07 Å². The molecule has 2 nitrogen and oxygen atoms in total. The summed E-state index contributed by atoms with van der Waals surface area (Å²) in [4.78, 5) is 12.8. The number of anilines is 1. The third kappa shape index (κ3) is 2.64. The molecule has 0 unspecified atom stereocenters. The first-order chi connectivity index (χ1) is 8.35. The monoisotopic (exact) mass is 226 g/mol. The maximum atomic E-state index is 11.1. The molecule has 0 atom stereocenters. The molecule has 0 heterocycles. The number of rotatable bonds is 5. The molecule has 0 bridgehead atoms. The maximum absolute atomic E-state index is 11.1. The molecule has 0 aliphatic rings. The fourth-order valence-electron chi connectivity index (χ4n) is 1.83. The van der Waals surface area contributed by atoms with Gasteiger partial charge in [0, 0.05) is 12.6 Å². The van der Waals surface area contributed by atoms with Crippen LogP contribution in [-0.4, -0.2) is 13.0 Å². The minimum Gasteiger partial charge on any atom is -0.314 e. The average Bonchev–Trinajstić information content (AvgIpc) is 2.39. The molecular weight excluding hydrogens is 210 g/mol. The van der Waals surface area contributed by atoms with Gasteiger partial charge in [-0.05, 0) is 23.3 Å². The first-order valence-corrected chi connectivity index (χ1v) is 5.98. The van der Waals surface area contributed by atoms with Gasteiger partial charge in [0.05, 0.1) is 5.69 Å². The van der Waals surface area contributed by atoms with Gasteiger partial charge in [-0.3, -0.25) is 4.79 Å². The summed E-state index contributed by atoms with van der Waals surface area (Å²) in [5, 5.41) is 2.20. The number of benzene rings is 2. The molecule has 2 aromatic carbocycles. The van der Waals surface area contributed by atoms with Gasteiger partial charge >= 0.3 is 0 Å². The second kappa shape index (κ2) is 5.48. The fourth-order valence-corrected chi connectivity index (χ4v) is 1.83. The molecule has 2 rings (SSSR count). The normalized spacial score (nSPS) is 10.4. The molecule has 1 radical (unpaired) electrons. The molecule has 0 aliphatic heterocycles. The Balaban J connectivity index is 2.30. The van der Waals surface area contributed by atoms with E-state index >= 15 is 0 Å². The Morgan fingerprint density at radius 1 is 1.24 bits per heavy atom. The van der Waals surface area contributed by atoms with Crippen molar-refractivity contribution in [1.82, 2.24) is 0 Å². The van der Waals surface area contributed by atoms with Crippen LogP contribution < -0.4 is 4.90 Å². The number of unbranched alkanes of at least 4 members (excludes halogenated alkanes) is 1. The summed E-state index contributed by atoms with van der Waals surface area (Å²) < 4.78 is 0. The Hall–Kier alpha value is -1.83. The Kier molecular flexibility index (Phi) is 3.76. The standard InChI is InChI=1S/C15H16NO/c1-2-3-10-16(12-17)15-9-8-13-6-4-5-7-14(13)11-15/h4-9,12H,2-3,10H2,1H3. The van der Waals surface area contributed by atoms with Crippen molar-refractivity contribution >= 4 is 22.9 Å². The van der Waals surface area contributed by atoms with Crippen LogP contribution >= 0.6 is 0 Å². The summed E-state index contributed by atoms with van der Waals surface area (Å²) in [6.45, 7) is 2.88. The van der Waals surface area contributed by atoms with E-state index in [2.05, 4.69) is 13.0 Å². The highest BCUT2D eigenvalue weighted by atomic mass is 16.1. The molecule has 0 saturated carbocycles. The molecule has 0 spiro atoms. The van der Waals surface area contributed by atoms with Crippen LogP contribution in [0.3, 0.4) is 0 Å². The molecule has 2 heteroatoms. The number of carbonyl (C=O) groups excluding carboxylic acids is 1. The van der Waals surface area contributed by atoms with Crippen molar-refractivity contribution in [2.75, 3.05) is 11.4 Å². The van der Waals surface area contributed by atoms with Crippen molar-refractivity contribution < 1.29 is 4.79 Å². The predicted octanol–water partition coefficient (Wildman–Crippen LogP) is 3.40. The van der Waals surface area contributed by atoms with E-state index in [-0.39, 0.29) is 0 Å². The van der Waals surface area contributed by atoms with Gasteiger partial charge in [-0.2, -0.15) is 0 Å². The van der Waals surface area contributed by atoms with Crippen LogP contribution in [0.1, 0.15) is 19.8 Å². The highest BCUT2D eigenvalue weighted by molar-refractivity contribution is 5.87. The van der Waals surface area contributed by atoms with E-state index in [4.69, 9.17) is 0 Å². The predicted molar refractivity (Wildman–Crippen MR) is 71.1 cm³/mol. The van der Waals surface area contributed by atoms with Gasteiger partial charge in [0.1, 0.15) is 0 Å². The number of amides is 1. The lowest BCUT2D eigenvalue weighted by Crippen LogP contribution is -2.22. The SMILES string of the molecule is CCCCN(C=O)c1[c]c2ccccc2cc1. The lowest BCUT2D eigenvalue weighted by Gasteiger charge is -2.17. The molecule has 2 aromatic rings. The summed E-state index contributed by atoms with van der Waals surface area (Å²) >= 11 is 0. The van der Waals surface area contributed by atoms with E-state index in [1.54, 1.807) is 4.90 Å². The number of carbonyl (C=O) groups is 1. The van der Waals surface area contributed by atoms with E-state index < -0.39 is 0 Å². The topological polar surface area (TPSA) is 20.3 Å². The number of nitrogens with zero attached hydrogens (tertiary/aromatic N) is 1. The van der Waals surface area contributed by atoms with Crippen molar-refractivity contribution in [3.05, 3.63) is 42.5 Å². The summed E-state index contributed by atoms with van der Waals surface area (Å²) in [5.41, 5.74) is 0.854. The molecular formula is C15H16NO. The number of hydrogen-bond donors (Lipinski definition) is 0. The van der Waals surface area contributed by atoms with E-state index in [0.29, 0.717) is 0 Å². The molecule has 87 valence electrons. The van der Waals surface area contributed by atoms with Gasteiger partial charge in [0.2, 0.25) is 6.41 Å². The Morgan fingerprint density at radius 2 is 2.06 bits per heavy atom. The van der Waals surface area contributed by atoms with Gasteiger partial charge in [-0.25, -0.2) is 0 Å². The van der Waals surface area contributed by atoms with E-state index in [1.807, 2.05) is 36.4 Å². The molecule has 17 heavy (non-hydrogen) atoms. The zero-order valence-corrected chi connectivity index (χ0v) is 10.0. The third-order valence-electron chi connectivity index (χ3n) is 2.83. The van der Waals surface area contributed by atoms with Crippen molar-refractivity contribution in [1.29, 1.82) is 0 Å². The average molecular weight is 226 g/mol. The second-order valence-electron chi connectivity index (χ2n) is 4.08. The summed E-state index contributed by atoms with van der Waals surface area (Å²) in [5.74, 6) is 0. The zero-order valence-electron chi connectivity index (χ0n) is 10.0. The van der Waals surface area contributed by atoms with Gasteiger partial charge in [-0.1, -0.05) is 43.7 Å². The summed E-state index contributed by atoms with van der Waals surface area (Å²) in [6.07, 6.45) is 2.98. The molecule has 1 amide bonds. The first kappa shape index (κ1) is 11.6. The minimum absolute atomic E-state index is 0.759. The van der Waals surface area contributed by atoms with Crippen LogP contribution in [-0.2, 0) is 4.79 Å². The highest BCUT2D eigenvalue weighted by Crippen LogP contribution is 2.20. The molecule has 0 aromatic heterocycles. The zero-order chi connectivity index (χ0) is 12.1. The van der Waals surface area contributed by atoms with E-state index in [0.717, 1.165) is 42.3 Å². The molecule has 0 N–H and O–H groups in total. The number of fused-ring (bicyclic) bond motifs is 1. The van der Waals surface area contributed by atoms with Crippen LogP contribution in [0.4, 0.5) is 5.69 Å². The number of hydrogen-bond acceptors (Lipinski definition) is 1. The van der Waals surface area contributed by atoms with Crippen LogP contribution in [0.5, 0.6) is 0 Å². The lowest BCUT2D eigenvalue weighted by atomic mass is 10.1. The second-order valence-corrected chi connectivity index (χ2v) is 4.08. The van der Waals surface area contributed by atoms with Gasteiger partial charge < -0.3 is 4.90 Å². The van der Waals surface area contributed by atoms with Gasteiger partial charge in [-0.15, -0.1) is 0 Å². The minimum atomic E-state index is 0.759. The largest absolute Gasteiger partial charge is 0.314 e. The summed E-state index contributed by atoms with van der Waals surface area (Å²) in [6, 6.07) is 15.3.